The molecule has 4 aromatic rings. The van der Waals surface area contributed by atoms with Gasteiger partial charge in [-0.3, -0.25) is 19.2 Å². The molecule has 0 unspecified atom stereocenters. The predicted molar refractivity (Wildman–Crippen MR) is 233 cm³/mol. The van der Waals surface area contributed by atoms with Gasteiger partial charge in [0.1, 0.15) is 16.4 Å². The highest BCUT2D eigenvalue weighted by Crippen LogP contribution is 2.30. The topological polar surface area (TPSA) is 237 Å². The number of fused-ring (bicyclic) bond motifs is 1. The Labute approximate surface area is 362 Å². The molecule has 6 N–H and O–H groups in total. The Hall–Kier alpha value is -5.50. The summed E-state index contributed by atoms with van der Waals surface area (Å²) in [6.07, 6.45) is 5.08. The number of nitrogens with one attached hydrogen (secondary N) is 2. The van der Waals surface area contributed by atoms with Gasteiger partial charge in [-0.05, 0) is 112 Å². The molecule has 18 heteroatoms. The van der Waals surface area contributed by atoms with Gasteiger partial charge < -0.3 is 31.1 Å². The summed E-state index contributed by atoms with van der Waals surface area (Å²) in [6, 6.07) is 24.0. The van der Waals surface area contributed by atoms with Crippen molar-refractivity contribution in [1.82, 2.24) is 24.1 Å². The molecule has 3 heterocycles. The summed E-state index contributed by atoms with van der Waals surface area (Å²) >= 11 is 0. The number of ketones is 2. The molecular weight excluding hydrogens is 837 g/mol. The zero-order chi connectivity index (χ0) is 44.7. The maximum atomic E-state index is 12.8. The summed E-state index contributed by atoms with van der Waals surface area (Å²) in [5.41, 5.74) is 6.80. The number of hydrogen-bond donors (Lipinski definition) is 5. The van der Waals surface area contributed by atoms with Crippen molar-refractivity contribution in [2.75, 3.05) is 65.4 Å². The predicted octanol–water partition coefficient (Wildman–Crippen LogP) is 2.70. The van der Waals surface area contributed by atoms with E-state index in [1.807, 2.05) is 0 Å². The van der Waals surface area contributed by atoms with E-state index in [0.29, 0.717) is 22.0 Å². The minimum Gasteiger partial charge on any atom is -0.508 e. The van der Waals surface area contributed by atoms with E-state index in [2.05, 4.69) is 19.8 Å². The molecule has 0 aliphatic carbocycles. The zero-order valence-corrected chi connectivity index (χ0v) is 36.1. The molecule has 3 aliphatic heterocycles. The Morgan fingerprint density at radius 1 is 0.694 bits per heavy atom. The van der Waals surface area contributed by atoms with Crippen molar-refractivity contribution in [3.05, 3.63) is 119 Å². The van der Waals surface area contributed by atoms with Gasteiger partial charge in [0.15, 0.2) is 11.6 Å². The monoisotopic (exact) mass is 890 g/mol. The Morgan fingerprint density at radius 3 is 1.77 bits per heavy atom. The number of aromatic hydroxyl groups is 2. The van der Waals surface area contributed by atoms with E-state index in [9.17, 15) is 46.2 Å². The molecule has 0 saturated carbocycles. The molecule has 2 saturated heterocycles. The van der Waals surface area contributed by atoms with Crippen molar-refractivity contribution in [3.63, 3.8) is 0 Å². The lowest BCUT2D eigenvalue weighted by atomic mass is 10.1. The lowest BCUT2D eigenvalue weighted by Gasteiger charge is -2.15. The van der Waals surface area contributed by atoms with Gasteiger partial charge >= 0.3 is 0 Å². The molecule has 0 bridgehead atoms. The summed E-state index contributed by atoms with van der Waals surface area (Å²) in [4.78, 5) is 53.5. The van der Waals surface area contributed by atoms with E-state index in [-0.39, 0.29) is 51.0 Å². The molecule has 0 radical (unpaired) electrons. The molecule has 16 nitrogen and oxygen atoms in total. The van der Waals surface area contributed by atoms with Gasteiger partial charge in [0.2, 0.25) is 10.0 Å². The smallest absolute Gasteiger partial charge is 0.269 e. The van der Waals surface area contributed by atoms with Crippen LogP contribution < -0.4 is 15.8 Å². The fourth-order valence-electron chi connectivity index (χ4n) is 7.11. The molecular formula is C44H54N6O10S2. The molecule has 3 aliphatic rings. The van der Waals surface area contributed by atoms with Crippen molar-refractivity contribution >= 4 is 43.4 Å². The van der Waals surface area contributed by atoms with E-state index >= 15 is 0 Å². The molecule has 0 aromatic heterocycles. The van der Waals surface area contributed by atoms with Gasteiger partial charge in [0, 0.05) is 39.0 Å². The lowest BCUT2D eigenvalue weighted by molar-refractivity contribution is -0.118. The van der Waals surface area contributed by atoms with E-state index in [1.54, 1.807) is 36.4 Å². The molecule has 62 heavy (non-hydrogen) atoms. The van der Waals surface area contributed by atoms with Crippen molar-refractivity contribution in [1.29, 1.82) is 0 Å². The Balaban J connectivity index is 0.000000204. The van der Waals surface area contributed by atoms with Gasteiger partial charge in [-0.15, -0.1) is 0 Å². The van der Waals surface area contributed by atoms with Crippen molar-refractivity contribution in [3.8, 4) is 11.5 Å². The van der Waals surface area contributed by atoms with Gasteiger partial charge in [-0.25, -0.2) is 25.9 Å². The summed E-state index contributed by atoms with van der Waals surface area (Å²) in [5.74, 6) is -1.71. The number of likely N-dealkylation sites (tertiary alicyclic amines) is 2. The number of Topliss-reactive ketones (excluding diaryl/α,β-unsaturated/α-hetero) is 2. The second-order valence-corrected chi connectivity index (χ2v) is 18.6. The van der Waals surface area contributed by atoms with Crippen LogP contribution in [0.2, 0.25) is 0 Å². The maximum Gasteiger partial charge on any atom is 0.269 e. The highest BCUT2D eigenvalue weighted by atomic mass is 32.2. The van der Waals surface area contributed by atoms with Gasteiger partial charge in [-0.2, -0.15) is 0 Å². The highest BCUT2D eigenvalue weighted by molar-refractivity contribution is 7.90. The number of rotatable bonds is 16. The summed E-state index contributed by atoms with van der Waals surface area (Å²) in [7, 11) is -8.02. The SMILES string of the molecule is NCCN1CCCC1.O=C(CNS(=O)(=O)c1ccccc1C(=O)NCCN1CCCC1)Cc1ccc(O)cc1.O=C(Cc1ccc(O)cc1)CN1C(=O)c2ccccc2S1(=O)=O. The maximum absolute atomic E-state index is 12.8. The van der Waals surface area contributed by atoms with Crippen LogP contribution in [0, 0.1) is 0 Å². The zero-order valence-electron chi connectivity index (χ0n) is 34.4. The fraction of sp³-hybridized carbons (Fsp3) is 0.364. The Bertz CT molecular complexity index is 2380. The van der Waals surface area contributed by atoms with Crippen molar-refractivity contribution in [2.24, 2.45) is 5.73 Å². The molecule has 332 valence electrons. The van der Waals surface area contributed by atoms with Crippen LogP contribution in [-0.4, -0.2) is 130 Å². The van der Waals surface area contributed by atoms with Crippen LogP contribution >= 0.6 is 0 Å². The van der Waals surface area contributed by atoms with Crippen molar-refractivity contribution in [2.45, 2.75) is 48.3 Å². The number of benzene rings is 4. The normalized spacial score (nSPS) is 15.8. The van der Waals surface area contributed by atoms with E-state index in [1.165, 1.54) is 86.6 Å². The third kappa shape index (κ3) is 13.5. The first-order valence-corrected chi connectivity index (χ1v) is 23.4. The standard InChI is InChI=1S/C22H27N3O5S.C16H13NO5S.C6H14N2/c26-18-9-7-17(8-10-18)15-19(27)16-24-31(29,30)21-6-2-1-5-20(21)22(28)23-11-14-25-12-3-4-13-25;18-12-7-5-11(6-8-12)9-13(19)10-17-16(20)14-3-1-2-4-15(14)23(17,21)22;7-3-6-8-4-1-2-5-8/h1-2,5-10,24,26H,3-4,11-16H2,(H,23,28);1-8,18H,9-10H2;1-7H2. The number of hydrogen-bond acceptors (Lipinski definition) is 13. The second kappa shape index (κ2) is 22.6. The van der Waals surface area contributed by atoms with Crippen LogP contribution in [-0.2, 0) is 42.5 Å². The number of sulfonamides is 2. The van der Waals surface area contributed by atoms with Crippen LogP contribution in [0.3, 0.4) is 0 Å². The van der Waals surface area contributed by atoms with Gasteiger partial charge in [-0.1, -0.05) is 48.5 Å². The van der Waals surface area contributed by atoms with Gasteiger partial charge in [0.05, 0.1) is 29.1 Å². The molecule has 4 aromatic carbocycles. The number of amides is 2. The van der Waals surface area contributed by atoms with Gasteiger partial charge in [0.25, 0.3) is 21.8 Å². The van der Waals surface area contributed by atoms with Crippen molar-refractivity contribution < 1.29 is 46.2 Å². The van der Waals surface area contributed by atoms with Crippen LogP contribution in [0.1, 0.15) is 57.5 Å². The van der Waals surface area contributed by atoms with Crippen LogP contribution in [0.15, 0.2) is 107 Å². The first-order chi connectivity index (χ1) is 29.7. The van der Waals surface area contributed by atoms with Crippen LogP contribution in [0.5, 0.6) is 11.5 Å². The number of nitrogens with two attached hydrogens (primary N) is 1. The Kier molecular flexibility index (Phi) is 17.3. The second-order valence-electron chi connectivity index (χ2n) is 15.0. The third-order valence-electron chi connectivity index (χ3n) is 10.3. The average molecular weight is 891 g/mol. The summed E-state index contributed by atoms with van der Waals surface area (Å²) < 4.78 is 53.1. The number of phenolic OH excluding ortho intramolecular Hbond substituents is 2. The summed E-state index contributed by atoms with van der Waals surface area (Å²) in [6.45, 7) is 6.77. The summed E-state index contributed by atoms with van der Waals surface area (Å²) in [5, 5.41) is 21.3. The van der Waals surface area contributed by atoms with E-state index < -0.39 is 50.7 Å². The van der Waals surface area contributed by atoms with Crippen LogP contribution in [0.4, 0.5) is 0 Å². The minimum absolute atomic E-state index is 0.0179. The molecule has 2 amide bonds. The number of carbonyl (C=O) groups is 4. The number of nitrogens with zero attached hydrogens (tertiary/aromatic N) is 3. The van der Waals surface area contributed by atoms with Crippen LogP contribution in [0.25, 0.3) is 0 Å². The number of carbonyl (C=O) groups excluding carboxylic acids is 4. The molecule has 2 fully saturated rings. The molecule has 7 rings (SSSR count). The largest absolute Gasteiger partial charge is 0.508 e. The molecule has 0 atom stereocenters. The quantitative estimate of drug-likeness (QED) is 0.109. The number of phenols is 2. The average Bonchev–Trinajstić information content (AvgIpc) is 4.02. The lowest BCUT2D eigenvalue weighted by Crippen LogP contribution is -2.35. The highest BCUT2D eigenvalue weighted by Gasteiger charge is 2.41. The first kappa shape index (κ1) is 47.5. The minimum atomic E-state index is -4.05. The molecule has 0 spiro atoms. The Morgan fingerprint density at radius 2 is 1.21 bits per heavy atom. The van der Waals surface area contributed by atoms with E-state index in [0.717, 1.165) is 45.6 Å². The fourth-order valence-corrected chi connectivity index (χ4v) is 9.87. The third-order valence-corrected chi connectivity index (χ3v) is 13.6. The van der Waals surface area contributed by atoms with E-state index in [4.69, 9.17) is 5.73 Å². The first-order valence-electron chi connectivity index (χ1n) is 20.4.